The smallest absolute Gasteiger partial charge is 0.311 e. The molecule has 2 fully saturated rings. The second-order valence-corrected chi connectivity index (χ2v) is 19.5. The summed E-state index contributed by atoms with van der Waals surface area (Å²) in [5, 5.41) is 76.2. The van der Waals surface area contributed by atoms with E-state index in [-0.39, 0.29) is 36.8 Å². The number of aryl methyl sites for hydroxylation is 1. The van der Waals surface area contributed by atoms with Gasteiger partial charge in [0.1, 0.15) is 29.6 Å². The van der Waals surface area contributed by atoms with Crippen LogP contribution in [0.2, 0.25) is 0 Å². The van der Waals surface area contributed by atoms with Gasteiger partial charge in [0.2, 0.25) is 5.91 Å². The summed E-state index contributed by atoms with van der Waals surface area (Å²) in [6.45, 7) is 15.5. The molecule has 14 atom stereocenters. The summed E-state index contributed by atoms with van der Waals surface area (Å²) in [6.07, 6.45) is 1.66. The maximum Gasteiger partial charge on any atom is 0.311 e. The number of benzene rings is 1. The molecule has 1 aromatic heterocycles. The van der Waals surface area contributed by atoms with Crippen molar-refractivity contribution in [1.82, 2.24) is 30.3 Å². The number of nitrogens with zero attached hydrogens (tertiary/aromatic N) is 5. The number of ether oxygens (including phenoxy) is 3. The Labute approximate surface area is 380 Å². The monoisotopic (exact) mass is 905 g/mol. The molecule has 0 spiro atoms. The number of hydroxylamine groups is 1. The number of cyclic esters (lactones) is 1. The van der Waals surface area contributed by atoms with Gasteiger partial charge in [-0.2, -0.15) is 0 Å². The van der Waals surface area contributed by atoms with Crippen LogP contribution in [0, 0.1) is 17.8 Å². The highest BCUT2D eigenvalue weighted by Gasteiger charge is 2.50. The number of aromatic nitrogens is 3. The fourth-order valence-corrected chi connectivity index (χ4v) is 9.71. The van der Waals surface area contributed by atoms with Crippen molar-refractivity contribution in [3.8, 4) is 11.3 Å². The molecule has 4 rings (SSSR count). The largest absolute Gasteiger partial charge is 0.459 e. The van der Waals surface area contributed by atoms with E-state index >= 15 is 0 Å². The Kier molecular flexibility index (Phi) is 20.1. The van der Waals surface area contributed by atoms with Gasteiger partial charge < -0.3 is 44.6 Å². The molecule has 2 aliphatic heterocycles. The molecular formula is C47H80N6O11. The van der Waals surface area contributed by atoms with Crippen molar-refractivity contribution >= 4 is 11.9 Å². The second-order valence-electron chi connectivity index (χ2n) is 19.5. The van der Waals surface area contributed by atoms with Gasteiger partial charge in [0.05, 0.1) is 36.0 Å². The minimum Gasteiger partial charge on any atom is -0.459 e. The first-order valence-corrected chi connectivity index (χ1v) is 23.4. The summed E-state index contributed by atoms with van der Waals surface area (Å²) in [5.41, 5.74) is 1.04. The van der Waals surface area contributed by atoms with E-state index in [1.807, 2.05) is 68.0 Å². The molecule has 64 heavy (non-hydrogen) atoms. The Morgan fingerprint density at radius 2 is 1.62 bits per heavy atom. The number of esters is 1. The third-order valence-electron chi connectivity index (χ3n) is 13.8. The van der Waals surface area contributed by atoms with E-state index in [0.717, 1.165) is 61.9 Å². The Bertz CT molecular complexity index is 1730. The topological polar surface area (TPSA) is 232 Å². The molecule has 0 aliphatic carbocycles. The van der Waals surface area contributed by atoms with E-state index < -0.39 is 71.9 Å². The molecule has 364 valence electrons. The molecule has 2 saturated heterocycles. The summed E-state index contributed by atoms with van der Waals surface area (Å²) >= 11 is 0. The number of amides is 1. The van der Waals surface area contributed by atoms with Crippen molar-refractivity contribution in [3.05, 3.63) is 36.0 Å². The van der Waals surface area contributed by atoms with Gasteiger partial charge in [-0.15, -0.1) is 5.10 Å². The van der Waals surface area contributed by atoms with Gasteiger partial charge in [-0.05, 0) is 92.3 Å². The number of aliphatic hydroxyl groups excluding tert-OH is 3. The van der Waals surface area contributed by atoms with Crippen LogP contribution in [0.25, 0.3) is 11.3 Å². The predicted octanol–water partition coefficient (Wildman–Crippen LogP) is 4.04. The predicted molar refractivity (Wildman–Crippen MR) is 240 cm³/mol. The number of rotatable bonds is 16. The number of aliphatic hydroxyl groups is 5. The van der Waals surface area contributed by atoms with Crippen LogP contribution in [0.4, 0.5) is 0 Å². The lowest BCUT2D eigenvalue weighted by Gasteiger charge is -2.47. The lowest BCUT2D eigenvalue weighted by atomic mass is 9.78. The van der Waals surface area contributed by atoms with Crippen LogP contribution in [0.1, 0.15) is 125 Å². The quantitative estimate of drug-likeness (QED) is 0.0546. The zero-order valence-electron chi connectivity index (χ0n) is 40.0. The van der Waals surface area contributed by atoms with Gasteiger partial charge in [0, 0.05) is 49.6 Å². The average molecular weight is 905 g/mol. The molecular weight excluding hydrogens is 825 g/mol. The van der Waals surface area contributed by atoms with Gasteiger partial charge in [-0.25, -0.2) is 5.48 Å². The highest BCUT2D eigenvalue weighted by Crippen LogP contribution is 2.37. The first-order chi connectivity index (χ1) is 30.1. The van der Waals surface area contributed by atoms with Crippen LogP contribution in [0.15, 0.2) is 30.5 Å². The molecule has 2 aliphatic rings. The molecule has 1 amide bonds. The number of unbranched alkanes of at least 4 members (excludes halogenated alkanes) is 5. The molecule has 17 nitrogen and oxygen atoms in total. The van der Waals surface area contributed by atoms with Gasteiger partial charge in [-0.3, -0.25) is 24.4 Å². The fourth-order valence-electron chi connectivity index (χ4n) is 9.71. The van der Waals surface area contributed by atoms with Gasteiger partial charge in [-0.1, -0.05) is 75.9 Å². The summed E-state index contributed by atoms with van der Waals surface area (Å²) in [5.74, 6) is -3.20. The van der Waals surface area contributed by atoms with Crippen molar-refractivity contribution in [3.63, 3.8) is 0 Å². The molecule has 1 aromatic carbocycles. The molecule has 17 heteroatoms. The third kappa shape index (κ3) is 14.2. The Balaban J connectivity index is 1.43. The van der Waals surface area contributed by atoms with Crippen LogP contribution in [-0.4, -0.2) is 154 Å². The van der Waals surface area contributed by atoms with E-state index in [1.165, 1.54) is 13.8 Å². The number of likely N-dealkylation sites (N-methyl/N-ethyl adjacent to an activating group) is 2. The van der Waals surface area contributed by atoms with Crippen LogP contribution in [0.3, 0.4) is 0 Å². The van der Waals surface area contributed by atoms with Crippen molar-refractivity contribution in [2.75, 3.05) is 20.6 Å². The molecule has 0 bridgehead atoms. The average Bonchev–Trinajstić information content (AvgIpc) is 3.73. The van der Waals surface area contributed by atoms with Gasteiger partial charge in [0.15, 0.2) is 6.29 Å². The second kappa shape index (κ2) is 24.1. The van der Waals surface area contributed by atoms with E-state index in [0.29, 0.717) is 25.9 Å². The van der Waals surface area contributed by atoms with Crippen molar-refractivity contribution < 1.29 is 54.5 Å². The zero-order valence-corrected chi connectivity index (χ0v) is 40.0. The van der Waals surface area contributed by atoms with Crippen LogP contribution < -0.4 is 5.48 Å². The van der Waals surface area contributed by atoms with E-state index in [2.05, 4.69) is 15.2 Å². The minimum atomic E-state index is -1.79. The van der Waals surface area contributed by atoms with Crippen LogP contribution in [-0.2, 0) is 36.9 Å². The summed E-state index contributed by atoms with van der Waals surface area (Å²) < 4.78 is 20.5. The van der Waals surface area contributed by atoms with Crippen LogP contribution >= 0.6 is 0 Å². The Morgan fingerprint density at radius 1 is 0.984 bits per heavy atom. The first kappa shape index (κ1) is 53.5. The Hall–Kier alpha value is -3.10. The minimum absolute atomic E-state index is 0.153. The van der Waals surface area contributed by atoms with Crippen molar-refractivity contribution in [2.45, 2.75) is 199 Å². The normalized spacial score (nSPS) is 35.1. The van der Waals surface area contributed by atoms with E-state index in [4.69, 9.17) is 19.4 Å². The van der Waals surface area contributed by atoms with E-state index in [1.54, 1.807) is 33.2 Å². The number of hydrogen-bond acceptors (Lipinski definition) is 15. The SMILES string of the molecule is CC[C@H]1OC(=O)[C@H](C)[C@@H](O)[C@H](C)[C@@H](O[C@@H]2O[C@H](C)C[C@H](N(C)Cc3ccc(-c4cn(CCCCCCCCC(=O)NO)nn4)cc3)[C@H]2O)[C@](C)(O)C[C@@H](C)CN(C)[C@H](C)[C@@H](O)[C@]1(C)O. The molecule has 3 heterocycles. The standard InChI is InChI=1S/C47H80N6O11/c1-11-38-47(8,60)42(57)33(6)51(9)26-29(2)25-46(7,59)43(31(4)40(55)32(5)44(58)63-38)64-45-41(56)37(24-30(3)62-45)52(10)27-34-19-21-35(22-20-34)36-28-53(50-48-36)23-17-15-13-12-14-16-18-39(54)49-61/h19-22,28-33,37-38,40-43,45,55-57,59-61H,11-18,23-27H2,1-10H3,(H,49,54)/t29-,30-,31+,32-,33-,37+,38-,40+,41-,42-,43-,45+,46-,47-/m1/s1. The molecule has 2 aromatic rings. The molecule has 0 unspecified atom stereocenters. The van der Waals surface area contributed by atoms with Gasteiger partial charge in [0.25, 0.3) is 0 Å². The highest BCUT2D eigenvalue weighted by atomic mass is 16.7. The van der Waals surface area contributed by atoms with Crippen molar-refractivity contribution in [2.24, 2.45) is 17.8 Å². The first-order valence-electron chi connectivity index (χ1n) is 23.4. The maximum atomic E-state index is 13.6. The fraction of sp³-hybridized carbons (Fsp3) is 0.787. The van der Waals surface area contributed by atoms with Crippen molar-refractivity contribution in [1.29, 1.82) is 0 Å². The lowest BCUT2D eigenvalue weighted by molar-refractivity contribution is -0.300. The summed E-state index contributed by atoms with van der Waals surface area (Å²) in [7, 11) is 3.77. The lowest BCUT2D eigenvalue weighted by Crippen LogP contribution is -2.59. The molecule has 0 saturated carbocycles. The number of hydrogen-bond donors (Lipinski definition) is 7. The molecule has 7 N–H and O–H groups in total. The highest BCUT2D eigenvalue weighted by molar-refractivity contribution is 5.74. The summed E-state index contributed by atoms with van der Waals surface area (Å²) in [6, 6.07) is 7.16. The van der Waals surface area contributed by atoms with Crippen LogP contribution in [0.5, 0.6) is 0 Å². The Morgan fingerprint density at radius 3 is 2.27 bits per heavy atom. The number of carbonyl (C=O) groups is 2. The van der Waals surface area contributed by atoms with E-state index in [9.17, 15) is 35.1 Å². The number of carbonyl (C=O) groups excluding carboxylic acids is 2. The molecule has 0 radical (unpaired) electrons. The summed E-state index contributed by atoms with van der Waals surface area (Å²) in [4.78, 5) is 28.7. The number of nitrogens with one attached hydrogen (secondary N) is 1. The van der Waals surface area contributed by atoms with Gasteiger partial charge >= 0.3 is 5.97 Å². The third-order valence-corrected chi connectivity index (χ3v) is 13.8. The zero-order chi connectivity index (χ0) is 47.5. The maximum absolute atomic E-state index is 13.6.